The second-order valence-electron chi connectivity index (χ2n) is 19.5. The first-order valence-electron chi connectivity index (χ1n) is 23.3. The van der Waals surface area contributed by atoms with Gasteiger partial charge in [0.15, 0.2) is 5.69 Å². The molecule has 1 spiro atoms. The average Bonchev–Trinajstić information content (AvgIpc) is 4.10. The molecular formula is C48H53F2N9O6. The number of likely N-dealkylation sites (tertiary alicyclic amines) is 1. The number of ether oxygens (including phenoxy) is 1. The summed E-state index contributed by atoms with van der Waals surface area (Å²) in [6, 6.07) is 13.7. The number of piperidine rings is 2. The lowest BCUT2D eigenvalue weighted by atomic mass is 9.57. The largest absolute Gasteiger partial charge is 0.384 e. The quantitative estimate of drug-likeness (QED) is 0.144. The van der Waals surface area contributed by atoms with Crippen LogP contribution in [0.25, 0.3) is 10.9 Å². The molecule has 2 unspecified atom stereocenters. The molecule has 6 fully saturated rings. The fraction of sp³-hybridized carbons (Fsp3) is 0.521. The molecule has 2 aromatic heterocycles. The highest BCUT2D eigenvalue weighted by Crippen LogP contribution is 2.53. The zero-order valence-electron chi connectivity index (χ0n) is 36.1. The van der Waals surface area contributed by atoms with Gasteiger partial charge in [-0.2, -0.15) is 5.10 Å². The van der Waals surface area contributed by atoms with Crippen LogP contribution in [0.4, 0.5) is 26.0 Å². The van der Waals surface area contributed by atoms with Gasteiger partial charge in [0.05, 0.1) is 52.7 Å². The van der Waals surface area contributed by atoms with Gasteiger partial charge in [0.2, 0.25) is 11.8 Å². The third-order valence-electron chi connectivity index (χ3n) is 15.5. The fourth-order valence-corrected chi connectivity index (χ4v) is 12.0. The Hall–Kier alpha value is -5.81. The number of anilines is 3. The zero-order chi connectivity index (χ0) is 44.6. The predicted octanol–water partition coefficient (Wildman–Crippen LogP) is 6.34. The van der Waals surface area contributed by atoms with Crippen molar-refractivity contribution in [1.82, 2.24) is 29.9 Å². The summed E-state index contributed by atoms with van der Waals surface area (Å²) in [5.74, 6) is -0.783. The highest BCUT2D eigenvalue weighted by Gasteiger charge is 2.48. The molecule has 0 radical (unpaired) electrons. The van der Waals surface area contributed by atoms with Gasteiger partial charge in [0, 0.05) is 43.3 Å². The van der Waals surface area contributed by atoms with Gasteiger partial charge >= 0.3 is 0 Å². The SMILES string of the molecule is O=C1CCC(N2C(=O)c3cccc(NCC4CC5(CCN(C[C@H]6CC[C@H](n7cc(NC(=O)c8cccc9ccc(N%10C[C@H]%11CC%10CO%11)nc89)c(C(F)F)n7)CC6)CC5)C4)c3C2=O)C(=O)N1. The number of halogens is 2. The van der Waals surface area contributed by atoms with E-state index in [2.05, 4.69) is 30.8 Å². The third-order valence-corrected chi connectivity index (χ3v) is 15.5. The van der Waals surface area contributed by atoms with Crippen molar-refractivity contribution >= 4 is 57.6 Å². The second kappa shape index (κ2) is 16.6. The van der Waals surface area contributed by atoms with Crippen LogP contribution in [0, 0.1) is 17.3 Å². The Balaban J connectivity index is 0.651. The van der Waals surface area contributed by atoms with Gasteiger partial charge in [-0.1, -0.05) is 18.2 Å². The van der Waals surface area contributed by atoms with E-state index in [1.165, 1.54) is 0 Å². The van der Waals surface area contributed by atoms with E-state index in [0.717, 1.165) is 100 Å². The van der Waals surface area contributed by atoms with Crippen molar-refractivity contribution in [3.8, 4) is 0 Å². The number of nitrogens with one attached hydrogen (secondary N) is 3. The number of hydrogen-bond acceptors (Lipinski definition) is 11. The molecule has 65 heavy (non-hydrogen) atoms. The first-order valence-corrected chi connectivity index (χ1v) is 23.3. The molecule has 15 nitrogen and oxygen atoms in total. The third kappa shape index (κ3) is 7.73. The summed E-state index contributed by atoms with van der Waals surface area (Å²) in [5, 5.41) is 13.6. The predicted molar refractivity (Wildman–Crippen MR) is 236 cm³/mol. The van der Waals surface area contributed by atoms with Crippen LogP contribution in [0.2, 0.25) is 0 Å². The number of aromatic nitrogens is 3. The summed E-state index contributed by atoms with van der Waals surface area (Å²) >= 11 is 0. The molecule has 340 valence electrons. The van der Waals surface area contributed by atoms with Crippen LogP contribution in [0.3, 0.4) is 0 Å². The summed E-state index contributed by atoms with van der Waals surface area (Å²) in [7, 11) is 0. The number of morpholine rings is 1. The lowest BCUT2D eigenvalue weighted by Gasteiger charge is -2.53. The molecule has 7 aliphatic rings. The number of imide groups is 2. The van der Waals surface area contributed by atoms with Crippen molar-refractivity contribution in [2.45, 2.75) is 101 Å². The smallest absolute Gasteiger partial charge is 0.284 e. The Morgan fingerprint density at radius 1 is 0.908 bits per heavy atom. The van der Waals surface area contributed by atoms with Crippen LogP contribution >= 0.6 is 0 Å². The number of fused-ring (bicyclic) bond motifs is 4. The van der Waals surface area contributed by atoms with Crippen LogP contribution < -0.4 is 20.9 Å². The first kappa shape index (κ1) is 41.9. The van der Waals surface area contributed by atoms with Crippen LogP contribution in [-0.2, 0) is 14.3 Å². The zero-order valence-corrected chi connectivity index (χ0v) is 36.1. The number of nitrogens with zero attached hydrogens (tertiary/aromatic N) is 6. The molecule has 17 heteroatoms. The highest BCUT2D eigenvalue weighted by atomic mass is 19.3. The summed E-state index contributed by atoms with van der Waals surface area (Å²) in [6.07, 6.45) is 8.16. The van der Waals surface area contributed by atoms with Crippen molar-refractivity contribution in [3.05, 3.63) is 77.1 Å². The molecule has 2 aromatic carbocycles. The molecule has 5 aliphatic heterocycles. The minimum atomic E-state index is -2.85. The van der Waals surface area contributed by atoms with Crippen molar-refractivity contribution in [1.29, 1.82) is 0 Å². The normalized spacial score (nSPS) is 26.6. The number of carbonyl (C=O) groups is 5. The molecule has 2 saturated carbocycles. The van der Waals surface area contributed by atoms with E-state index in [4.69, 9.17) is 9.72 Å². The molecule has 3 N–H and O–H groups in total. The Kier molecular flexibility index (Phi) is 10.7. The average molecular weight is 890 g/mol. The van der Waals surface area contributed by atoms with E-state index in [0.29, 0.717) is 52.7 Å². The highest BCUT2D eigenvalue weighted by molar-refractivity contribution is 6.25. The van der Waals surface area contributed by atoms with E-state index < -0.39 is 47.7 Å². The van der Waals surface area contributed by atoms with Crippen molar-refractivity contribution in [3.63, 3.8) is 0 Å². The standard InChI is InChI=1S/C48H53F2N9O6/c49-43(50)42-36(52-44(61)34-5-1-3-29-9-13-38(53-41(29)34)57-24-32-19-31(57)26-65-32)25-58(55-42)30-10-7-27(8-11-30)23-56-17-15-48(16-18-56)20-28(21-48)22-51-35-6-2-4-33-40(35)47(64)59(46(33)63)37-12-14-39(60)54-45(37)62/h1-6,9,13,25,27-28,30-32,37,43,51H,7-8,10-12,14-24,26H2,(H,52,61)(H,54,60,62)/t27-,30-,31?,32-,37?/m1/s1. The van der Waals surface area contributed by atoms with Crippen molar-refractivity contribution < 1.29 is 37.5 Å². The van der Waals surface area contributed by atoms with Gasteiger partial charge in [0.25, 0.3) is 24.1 Å². The summed E-state index contributed by atoms with van der Waals surface area (Å²) in [4.78, 5) is 75.4. The van der Waals surface area contributed by atoms with Gasteiger partial charge in [-0.3, -0.25) is 38.9 Å². The molecule has 4 saturated heterocycles. The van der Waals surface area contributed by atoms with E-state index >= 15 is 0 Å². The molecule has 5 amide bonds. The first-order chi connectivity index (χ1) is 31.5. The maximum absolute atomic E-state index is 14.4. The van der Waals surface area contributed by atoms with Gasteiger partial charge in [-0.15, -0.1) is 0 Å². The second-order valence-corrected chi connectivity index (χ2v) is 19.5. The molecule has 4 aromatic rings. The lowest BCUT2D eigenvalue weighted by Crippen LogP contribution is -2.54. The maximum atomic E-state index is 14.4. The van der Waals surface area contributed by atoms with E-state index in [1.807, 2.05) is 18.2 Å². The molecule has 7 heterocycles. The maximum Gasteiger partial charge on any atom is 0.284 e. The van der Waals surface area contributed by atoms with Crippen LogP contribution in [0.1, 0.15) is 120 Å². The lowest BCUT2D eigenvalue weighted by molar-refractivity contribution is -0.136. The molecule has 11 rings (SSSR count). The van der Waals surface area contributed by atoms with Crippen LogP contribution in [-0.4, -0.2) is 112 Å². The van der Waals surface area contributed by atoms with Gasteiger partial charge in [-0.05, 0) is 125 Å². The van der Waals surface area contributed by atoms with Crippen molar-refractivity contribution in [2.75, 3.05) is 54.9 Å². The Morgan fingerprint density at radius 3 is 2.45 bits per heavy atom. The summed E-state index contributed by atoms with van der Waals surface area (Å²) in [5.41, 5.74) is 1.93. The van der Waals surface area contributed by atoms with E-state index in [9.17, 15) is 32.8 Å². The number of rotatable bonds is 11. The van der Waals surface area contributed by atoms with Crippen LogP contribution in [0.5, 0.6) is 0 Å². The van der Waals surface area contributed by atoms with Gasteiger partial charge in [-0.25, -0.2) is 13.8 Å². The number of amides is 5. The minimum absolute atomic E-state index is 0.0269. The monoisotopic (exact) mass is 889 g/mol. The molecular weight excluding hydrogens is 837 g/mol. The summed E-state index contributed by atoms with van der Waals surface area (Å²) in [6.45, 7) is 5.21. The molecule has 2 bridgehead atoms. The Bertz CT molecular complexity index is 2580. The fourth-order valence-electron chi connectivity index (χ4n) is 12.0. The molecule has 3 atom stereocenters. The number of benzene rings is 2. The van der Waals surface area contributed by atoms with Gasteiger partial charge < -0.3 is 25.2 Å². The topological polar surface area (TPSA) is 171 Å². The number of para-hydroxylation sites is 1. The number of carbonyl (C=O) groups excluding carboxylic acids is 5. The molecule has 2 aliphatic carbocycles. The number of alkyl halides is 2. The Morgan fingerprint density at radius 2 is 1.71 bits per heavy atom. The van der Waals surface area contributed by atoms with E-state index in [1.54, 1.807) is 41.2 Å². The van der Waals surface area contributed by atoms with E-state index in [-0.39, 0.29) is 42.3 Å². The van der Waals surface area contributed by atoms with Gasteiger partial charge in [0.1, 0.15) is 11.9 Å². The summed E-state index contributed by atoms with van der Waals surface area (Å²) < 4.78 is 36.2. The minimum Gasteiger partial charge on any atom is -0.384 e. The number of pyridine rings is 1. The number of hydrogen-bond donors (Lipinski definition) is 3. The van der Waals surface area contributed by atoms with Crippen molar-refractivity contribution in [2.24, 2.45) is 17.3 Å². The van der Waals surface area contributed by atoms with Crippen LogP contribution in [0.15, 0.2) is 54.7 Å². The Labute approximate surface area is 374 Å².